The third-order valence-electron chi connectivity index (χ3n) is 5.84. The SMILES string of the molecule is COc1ccc(-c2ccn(-c3ccc4c(cnn4CN4CCCC4)c3)c(=O)c2)c(F)c1. The minimum Gasteiger partial charge on any atom is -0.497 e. The van der Waals surface area contributed by atoms with E-state index in [9.17, 15) is 9.18 Å². The van der Waals surface area contributed by atoms with Crippen molar-refractivity contribution in [3.63, 3.8) is 0 Å². The van der Waals surface area contributed by atoms with Gasteiger partial charge in [-0.15, -0.1) is 0 Å². The molecule has 158 valence electrons. The molecule has 4 aromatic rings. The minimum atomic E-state index is -0.427. The molecule has 0 N–H and O–H groups in total. The fraction of sp³-hybridized carbons (Fsp3) is 0.250. The molecule has 1 aliphatic rings. The number of hydrogen-bond donors (Lipinski definition) is 0. The predicted octanol–water partition coefficient (Wildman–Crippen LogP) is 4.06. The molecule has 5 rings (SSSR count). The number of aromatic nitrogens is 3. The summed E-state index contributed by atoms with van der Waals surface area (Å²) in [7, 11) is 1.49. The first-order chi connectivity index (χ1) is 15.1. The zero-order valence-electron chi connectivity index (χ0n) is 17.3. The molecule has 2 aromatic heterocycles. The lowest BCUT2D eigenvalue weighted by Crippen LogP contribution is -2.23. The standard InChI is InChI=1S/C24H23FN4O2/c1-31-20-5-6-21(22(25)14-20)17-8-11-28(24(30)13-17)19-4-7-23-18(12-19)15-26-29(23)16-27-9-2-3-10-27/h4-8,11-15H,2-3,9-10,16H2,1H3. The molecule has 0 atom stereocenters. The molecule has 6 nitrogen and oxygen atoms in total. The zero-order valence-corrected chi connectivity index (χ0v) is 17.3. The molecule has 1 aliphatic heterocycles. The van der Waals surface area contributed by atoms with Crippen molar-refractivity contribution in [2.24, 2.45) is 0 Å². The van der Waals surface area contributed by atoms with Crippen molar-refractivity contribution >= 4 is 10.9 Å². The number of methoxy groups -OCH3 is 1. The number of pyridine rings is 1. The maximum Gasteiger partial charge on any atom is 0.255 e. The van der Waals surface area contributed by atoms with E-state index in [0.717, 1.165) is 36.3 Å². The second-order valence-corrected chi connectivity index (χ2v) is 7.82. The summed E-state index contributed by atoms with van der Waals surface area (Å²) >= 11 is 0. The van der Waals surface area contributed by atoms with Crippen LogP contribution in [0, 0.1) is 5.82 Å². The summed E-state index contributed by atoms with van der Waals surface area (Å²) in [6.45, 7) is 3.00. The molecule has 31 heavy (non-hydrogen) atoms. The molecule has 0 unspecified atom stereocenters. The smallest absolute Gasteiger partial charge is 0.255 e. The van der Waals surface area contributed by atoms with Gasteiger partial charge in [0.2, 0.25) is 0 Å². The number of hydrogen-bond acceptors (Lipinski definition) is 4. The molecule has 0 radical (unpaired) electrons. The van der Waals surface area contributed by atoms with E-state index in [1.54, 1.807) is 29.0 Å². The Labute approximate surface area is 179 Å². The summed E-state index contributed by atoms with van der Waals surface area (Å²) in [5.74, 6) is 0.0107. The van der Waals surface area contributed by atoms with E-state index in [-0.39, 0.29) is 5.56 Å². The normalized spacial score (nSPS) is 14.4. The molecule has 0 bridgehead atoms. The zero-order chi connectivity index (χ0) is 21.4. The lowest BCUT2D eigenvalue weighted by Gasteiger charge is -2.15. The first-order valence-corrected chi connectivity index (χ1v) is 10.4. The fourth-order valence-electron chi connectivity index (χ4n) is 4.17. The van der Waals surface area contributed by atoms with Crippen molar-refractivity contribution in [1.82, 2.24) is 19.2 Å². The number of fused-ring (bicyclic) bond motifs is 1. The van der Waals surface area contributed by atoms with Crippen LogP contribution in [-0.2, 0) is 6.67 Å². The largest absolute Gasteiger partial charge is 0.497 e. The highest BCUT2D eigenvalue weighted by Crippen LogP contribution is 2.26. The van der Waals surface area contributed by atoms with E-state index in [1.807, 2.05) is 29.1 Å². The van der Waals surface area contributed by atoms with E-state index in [0.29, 0.717) is 16.9 Å². The van der Waals surface area contributed by atoms with Gasteiger partial charge in [-0.05, 0) is 67.9 Å². The van der Waals surface area contributed by atoms with Crippen LogP contribution < -0.4 is 10.3 Å². The Morgan fingerprint density at radius 2 is 1.90 bits per heavy atom. The molecule has 0 spiro atoms. The van der Waals surface area contributed by atoms with E-state index < -0.39 is 5.82 Å². The highest BCUT2D eigenvalue weighted by atomic mass is 19.1. The molecule has 2 aromatic carbocycles. The van der Waals surface area contributed by atoms with Crippen LogP contribution >= 0.6 is 0 Å². The summed E-state index contributed by atoms with van der Waals surface area (Å²) in [6.07, 6.45) is 5.99. The average Bonchev–Trinajstić information content (AvgIpc) is 3.43. The molecule has 0 amide bonds. The third-order valence-corrected chi connectivity index (χ3v) is 5.84. The molecule has 0 aliphatic carbocycles. The van der Waals surface area contributed by atoms with Gasteiger partial charge in [-0.2, -0.15) is 5.10 Å². The van der Waals surface area contributed by atoms with Crippen LogP contribution in [0.1, 0.15) is 12.8 Å². The summed E-state index contributed by atoms with van der Waals surface area (Å²) < 4.78 is 23.0. The predicted molar refractivity (Wildman–Crippen MR) is 118 cm³/mol. The van der Waals surface area contributed by atoms with Gasteiger partial charge in [0, 0.05) is 35.0 Å². The maximum absolute atomic E-state index is 14.4. The second-order valence-electron chi connectivity index (χ2n) is 7.82. The second kappa shape index (κ2) is 8.00. The summed E-state index contributed by atoms with van der Waals surface area (Å²) in [4.78, 5) is 15.2. The van der Waals surface area contributed by atoms with Crippen LogP contribution in [0.15, 0.2) is 65.7 Å². The van der Waals surface area contributed by atoms with E-state index in [2.05, 4.69) is 10.00 Å². The number of benzene rings is 2. The maximum atomic E-state index is 14.4. The molecule has 7 heteroatoms. The Balaban J connectivity index is 1.45. The molecular weight excluding hydrogens is 395 g/mol. The Bertz CT molecular complexity index is 1300. The first kappa shape index (κ1) is 19.5. The van der Waals surface area contributed by atoms with Crippen molar-refractivity contribution in [2.75, 3.05) is 20.2 Å². The number of halogens is 1. The van der Waals surface area contributed by atoms with Crippen LogP contribution in [0.3, 0.4) is 0 Å². The molecule has 1 saturated heterocycles. The van der Waals surface area contributed by atoms with Gasteiger partial charge in [0.05, 0.1) is 25.5 Å². The Morgan fingerprint density at radius 3 is 2.65 bits per heavy atom. The van der Waals surface area contributed by atoms with Gasteiger partial charge in [-0.25, -0.2) is 4.39 Å². The summed E-state index contributed by atoms with van der Waals surface area (Å²) in [5, 5.41) is 5.51. The number of rotatable bonds is 5. The summed E-state index contributed by atoms with van der Waals surface area (Å²) in [5.41, 5.74) is 2.46. The van der Waals surface area contributed by atoms with E-state index in [4.69, 9.17) is 4.74 Å². The molecule has 0 saturated carbocycles. The number of ether oxygens (including phenoxy) is 1. The van der Waals surface area contributed by atoms with Gasteiger partial charge in [-0.3, -0.25) is 18.9 Å². The van der Waals surface area contributed by atoms with Crippen molar-refractivity contribution < 1.29 is 9.13 Å². The van der Waals surface area contributed by atoms with Crippen LogP contribution in [-0.4, -0.2) is 39.4 Å². The van der Waals surface area contributed by atoms with E-state index >= 15 is 0 Å². The van der Waals surface area contributed by atoms with Gasteiger partial charge in [0.15, 0.2) is 0 Å². The number of likely N-dealkylation sites (tertiary alicyclic amines) is 1. The van der Waals surface area contributed by atoms with E-state index in [1.165, 1.54) is 32.1 Å². The fourth-order valence-corrected chi connectivity index (χ4v) is 4.17. The van der Waals surface area contributed by atoms with Crippen molar-refractivity contribution in [3.8, 4) is 22.6 Å². The van der Waals surface area contributed by atoms with Crippen LogP contribution in [0.25, 0.3) is 27.7 Å². The van der Waals surface area contributed by atoms with Crippen LogP contribution in [0.2, 0.25) is 0 Å². The molecule has 1 fully saturated rings. The quantitative estimate of drug-likeness (QED) is 0.491. The van der Waals surface area contributed by atoms with Gasteiger partial charge in [-0.1, -0.05) is 0 Å². The van der Waals surface area contributed by atoms with Gasteiger partial charge in [0.1, 0.15) is 11.6 Å². The Kier molecular flexibility index (Phi) is 5.03. The van der Waals surface area contributed by atoms with Crippen LogP contribution in [0.5, 0.6) is 5.75 Å². The lowest BCUT2D eigenvalue weighted by atomic mass is 10.1. The Hall–Kier alpha value is -3.45. The van der Waals surface area contributed by atoms with Gasteiger partial charge in [0.25, 0.3) is 5.56 Å². The minimum absolute atomic E-state index is 0.225. The average molecular weight is 418 g/mol. The highest BCUT2D eigenvalue weighted by molar-refractivity contribution is 5.81. The third kappa shape index (κ3) is 3.72. The Morgan fingerprint density at radius 1 is 1.06 bits per heavy atom. The van der Waals surface area contributed by atoms with Crippen molar-refractivity contribution in [1.29, 1.82) is 0 Å². The van der Waals surface area contributed by atoms with Gasteiger partial charge < -0.3 is 4.74 Å². The molecular formula is C24H23FN4O2. The topological polar surface area (TPSA) is 52.3 Å². The van der Waals surface area contributed by atoms with Crippen molar-refractivity contribution in [2.45, 2.75) is 19.5 Å². The first-order valence-electron chi connectivity index (χ1n) is 10.4. The monoisotopic (exact) mass is 418 g/mol. The summed E-state index contributed by atoms with van der Waals surface area (Å²) in [6, 6.07) is 13.7. The van der Waals surface area contributed by atoms with Crippen LogP contribution in [0.4, 0.5) is 4.39 Å². The van der Waals surface area contributed by atoms with Crippen molar-refractivity contribution in [3.05, 3.63) is 77.1 Å². The molecule has 3 heterocycles. The number of nitrogens with zero attached hydrogens (tertiary/aromatic N) is 4. The van der Waals surface area contributed by atoms with Gasteiger partial charge >= 0.3 is 0 Å². The lowest BCUT2D eigenvalue weighted by molar-refractivity contribution is 0.260. The highest BCUT2D eigenvalue weighted by Gasteiger charge is 2.14.